The lowest BCUT2D eigenvalue weighted by atomic mass is 9.88. The predicted molar refractivity (Wildman–Crippen MR) is 134 cm³/mol. The van der Waals surface area contributed by atoms with E-state index in [4.69, 9.17) is 9.47 Å². The van der Waals surface area contributed by atoms with Gasteiger partial charge in [-0.3, -0.25) is 9.59 Å². The first kappa shape index (κ1) is 24.8. The summed E-state index contributed by atoms with van der Waals surface area (Å²) in [6, 6.07) is 12.7. The number of nitrogens with zero attached hydrogens (tertiary/aromatic N) is 1. The van der Waals surface area contributed by atoms with Crippen molar-refractivity contribution in [2.45, 2.75) is 55.9 Å². The number of ether oxygens (including phenoxy) is 2. The largest absolute Gasteiger partial charge is 0.496 e. The maximum absolute atomic E-state index is 12.7. The van der Waals surface area contributed by atoms with Crippen LogP contribution in [0.25, 0.3) is 11.1 Å². The summed E-state index contributed by atoms with van der Waals surface area (Å²) in [4.78, 5) is 26.0. The van der Waals surface area contributed by atoms with Gasteiger partial charge in [-0.05, 0) is 72.8 Å². The quantitative estimate of drug-likeness (QED) is 0.636. The molecule has 2 aromatic rings. The van der Waals surface area contributed by atoms with Crippen LogP contribution in [0, 0.1) is 5.41 Å². The van der Waals surface area contributed by atoms with Gasteiger partial charge in [0.1, 0.15) is 11.9 Å². The van der Waals surface area contributed by atoms with E-state index in [0.717, 1.165) is 57.7 Å². The minimum absolute atomic E-state index is 0.00281. The van der Waals surface area contributed by atoms with Gasteiger partial charge in [-0.25, -0.2) is 13.1 Å². The zero-order chi connectivity index (χ0) is 25.5. The molecule has 2 aliphatic heterocycles. The molecule has 2 amide bonds. The van der Waals surface area contributed by atoms with Crippen LogP contribution in [0.3, 0.4) is 0 Å². The van der Waals surface area contributed by atoms with Crippen LogP contribution in [-0.2, 0) is 24.3 Å². The van der Waals surface area contributed by atoms with Crippen molar-refractivity contribution >= 4 is 21.8 Å². The molecule has 2 aromatic carbocycles. The molecular formula is C27H32N2O6S. The summed E-state index contributed by atoms with van der Waals surface area (Å²) < 4.78 is 38.0. The zero-order valence-electron chi connectivity index (χ0n) is 20.7. The highest BCUT2D eigenvalue weighted by molar-refractivity contribution is 7.90. The maximum Gasteiger partial charge on any atom is 0.264 e. The fraction of sp³-hybridized carbons (Fsp3) is 0.481. The SMILES string of the molecule is COc1ccc(S(=O)(=O)NC(C)=O)cc1-c1ccc([C@H]2CC23CCN(C(=O)[C@H]2CCCO2)CC3)cc1. The summed E-state index contributed by atoms with van der Waals surface area (Å²) in [5.41, 5.74) is 3.00. The first-order valence-corrected chi connectivity index (χ1v) is 13.9. The number of carbonyl (C=O) groups is 2. The lowest BCUT2D eigenvalue weighted by Crippen LogP contribution is -2.44. The highest BCUT2D eigenvalue weighted by Gasteiger charge is 2.55. The highest BCUT2D eigenvalue weighted by Crippen LogP contribution is 2.65. The molecule has 9 heteroatoms. The molecule has 0 radical (unpaired) electrons. The topological polar surface area (TPSA) is 102 Å². The van der Waals surface area contributed by atoms with Gasteiger partial charge in [-0.1, -0.05) is 24.3 Å². The second-order valence-electron chi connectivity index (χ2n) is 10.1. The van der Waals surface area contributed by atoms with Crippen LogP contribution >= 0.6 is 0 Å². The van der Waals surface area contributed by atoms with Crippen LogP contribution in [0.1, 0.15) is 50.5 Å². The number of piperidine rings is 1. The van der Waals surface area contributed by atoms with Gasteiger partial charge < -0.3 is 14.4 Å². The van der Waals surface area contributed by atoms with Gasteiger partial charge in [-0.2, -0.15) is 0 Å². The first-order chi connectivity index (χ1) is 17.2. The lowest BCUT2D eigenvalue weighted by Gasteiger charge is -2.34. The van der Waals surface area contributed by atoms with Crippen LogP contribution in [-0.4, -0.2) is 58.0 Å². The van der Waals surface area contributed by atoms with E-state index in [0.29, 0.717) is 23.8 Å². The van der Waals surface area contributed by atoms with Crippen LogP contribution in [0.4, 0.5) is 0 Å². The molecule has 0 unspecified atom stereocenters. The molecule has 36 heavy (non-hydrogen) atoms. The summed E-state index contributed by atoms with van der Waals surface area (Å²) in [5.74, 6) is 0.536. The van der Waals surface area contributed by atoms with Crippen molar-refractivity contribution in [3.8, 4) is 16.9 Å². The molecule has 1 aliphatic carbocycles. The third-order valence-corrected chi connectivity index (χ3v) is 9.28. The second kappa shape index (κ2) is 9.52. The summed E-state index contributed by atoms with van der Waals surface area (Å²) in [6.45, 7) is 3.44. The van der Waals surface area contributed by atoms with Gasteiger partial charge in [0, 0.05) is 32.2 Å². The smallest absolute Gasteiger partial charge is 0.264 e. The third-order valence-electron chi connectivity index (χ3n) is 7.85. The highest BCUT2D eigenvalue weighted by atomic mass is 32.2. The fourth-order valence-corrected chi connectivity index (χ4v) is 6.76. The van der Waals surface area contributed by atoms with Crippen LogP contribution in [0.2, 0.25) is 0 Å². The Labute approximate surface area is 212 Å². The van der Waals surface area contributed by atoms with Gasteiger partial charge in [-0.15, -0.1) is 0 Å². The minimum Gasteiger partial charge on any atom is -0.496 e. The second-order valence-corrected chi connectivity index (χ2v) is 11.8. The summed E-state index contributed by atoms with van der Waals surface area (Å²) in [6.07, 6.45) is 4.70. The number of rotatable bonds is 6. The Hall–Kier alpha value is -2.91. The van der Waals surface area contributed by atoms with Crippen molar-refractivity contribution in [1.82, 2.24) is 9.62 Å². The Kier molecular flexibility index (Phi) is 6.55. The molecule has 1 spiro atoms. The average Bonchev–Trinajstić information content (AvgIpc) is 3.28. The minimum atomic E-state index is -3.95. The molecule has 1 N–H and O–H groups in total. The molecule has 2 heterocycles. The Morgan fingerprint density at radius 1 is 1.11 bits per heavy atom. The van der Waals surface area contributed by atoms with Crippen LogP contribution in [0.15, 0.2) is 47.4 Å². The van der Waals surface area contributed by atoms with Gasteiger partial charge in [0.25, 0.3) is 15.9 Å². The van der Waals surface area contributed by atoms with Crippen molar-refractivity contribution in [3.63, 3.8) is 0 Å². The Morgan fingerprint density at radius 3 is 2.44 bits per heavy atom. The van der Waals surface area contributed by atoms with Crippen molar-refractivity contribution in [2.75, 3.05) is 26.8 Å². The lowest BCUT2D eigenvalue weighted by molar-refractivity contribution is -0.142. The predicted octanol–water partition coefficient (Wildman–Crippen LogP) is 3.46. The number of hydrogen-bond donors (Lipinski definition) is 1. The molecule has 2 atom stereocenters. The summed E-state index contributed by atoms with van der Waals surface area (Å²) in [7, 11) is -2.41. The molecule has 8 nitrogen and oxygen atoms in total. The van der Waals surface area contributed by atoms with Crippen molar-refractivity contribution < 1.29 is 27.5 Å². The van der Waals surface area contributed by atoms with Gasteiger partial charge >= 0.3 is 0 Å². The number of likely N-dealkylation sites (tertiary alicyclic amines) is 1. The number of methoxy groups -OCH3 is 1. The Morgan fingerprint density at radius 2 is 1.83 bits per heavy atom. The Balaban J connectivity index is 1.28. The number of amides is 2. The van der Waals surface area contributed by atoms with E-state index in [-0.39, 0.29) is 22.3 Å². The molecule has 2 saturated heterocycles. The number of benzene rings is 2. The number of carbonyl (C=O) groups excluding carboxylic acids is 2. The van der Waals surface area contributed by atoms with E-state index in [9.17, 15) is 18.0 Å². The van der Waals surface area contributed by atoms with Crippen molar-refractivity contribution in [3.05, 3.63) is 48.0 Å². The fourth-order valence-electron chi connectivity index (χ4n) is 5.74. The third kappa shape index (κ3) is 4.74. The van der Waals surface area contributed by atoms with Crippen molar-refractivity contribution in [2.24, 2.45) is 5.41 Å². The monoisotopic (exact) mass is 512 g/mol. The molecule has 3 fully saturated rings. The van der Waals surface area contributed by atoms with E-state index in [1.165, 1.54) is 17.7 Å². The van der Waals surface area contributed by atoms with Crippen molar-refractivity contribution in [1.29, 1.82) is 0 Å². The standard InChI is InChI=1S/C27H32N2O6S/c1-18(30)28-36(32,33)21-9-10-24(34-2)22(16-21)19-5-7-20(8-6-19)23-17-27(23)11-13-29(14-12-27)26(31)25-4-3-15-35-25/h5-10,16,23,25H,3-4,11-15,17H2,1-2H3,(H,28,30)/t23-,25-/m1/s1. The summed E-state index contributed by atoms with van der Waals surface area (Å²) in [5, 5.41) is 0. The van der Waals surface area contributed by atoms with Crippen LogP contribution in [0.5, 0.6) is 5.75 Å². The van der Waals surface area contributed by atoms with Gasteiger partial charge in [0.2, 0.25) is 5.91 Å². The molecule has 0 aromatic heterocycles. The molecule has 0 bridgehead atoms. The molecule has 3 aliphatic rings. The van der Waals surface area contributed by atoms with Gasteiger partial charge in [0.15, 0.2) is 0 Å². The van der Waals surface area contributed by atoms with Gasteiger partial charge in [0.05, 0.1) is 12.0 Å². The first-order valence-electron chi connectivity index (χ1n) is 12.4. The maximum atomic E-state index is 12.7. The molecule has 192 valence electrons. The van der Waals surface area contributed by atoms with E-state index >= 15 is 0 Å². The number of sulfonamides is 1. The van der Waals surface area contributed by atoms with E-state index in [1.807, 2.05) is 21.8 Å². The number of nitrogens with one attached hydrogen (secondary N) is 1. The van der Waals surface area contributed by atoms with Crippen LogP contribution < -0.4 is 9.46 Å². The zero-order valence-corrected chi connectivity index (χ0v) is 21.5. The molecule has 1 saturated carbocycles. The van der Waals surface area contributed by atoms with E-state index in [2.05, 4.69) is 12.1 Å². The normalized spacial score (nSPS) is 22.9. The molecule has 5 rings (SSSR count). The summed E-state index contributed by atoms with van der Waals surface area (Å²) >= 11 is 0. The Bertz CT molecular complexity index is 1260. The van der Waals surface area contributed by atoms with E-state index < -0.39 is 15.9 Å². The van der Waals surface area contributed by atoms with E-state index in [1.54, 1.807) is 13.2 Å². The number of hydrogen-bond acceptors (Lipinski definition) is 6. The average molecular weight is 513 g/mol. The molecular weight excluding hydrogens is 480 g/mol.